The van der Waals surface area contributed by atoms with Gasteiger partial charge < -0.3 is 4.57 Å². The second-order valence-electron chi connectivity index (χ2n) is 5.95. The number of aryl methyl sites for hydroxylation is 2. The van der Waals surface area contributed by atoms with E-state index >= 15 is 0 Å². The molecule has 0 fully saturated rings. The molecule has 4 rings (SSSR count). The molecule has 0 atom stereocenters. The van der Waals surface area contributed by atoms with E-state index in [9.17, 15) is 0 Å². The van der Waals surface area contributed by atoms with E-state index in [1.807, 2.05) is 0 Å². The molecule has 2 aromatic carbocycles. The normalized spacial score (nSPS) is 14.9. The number of para-hydroxylation sites is 1. The van der Waals surface area contributed by atoms with Crippen LogP contribution >= 0.6 is 0 Å². The first-order chi connectivity index (χ1) is 10.3. The third kappa shape index (κ3) is 1.84. The Morgan fingerprint density at radius 3 is 2.71 bits per heavy atom. The summed E-state index contributed by atoms with van der Waals surface area (Å²) in [5.41, 5.74) is 6.75. The summed E-state index contributed by atoms with van der Waals surface area (Å²) >= 11 is 0. The van der Waals surface area contributed by atoms with Crippen molar-refractivity contribution in [2.24, 2.45) is 0 Å². The minimum Gasteiger partial charge on any atom is -0.313 e. The second kappa shape index (κ2) is 4.63. The first-order valence-corrected chi connectivity index (χ1v) is 7.62. The largest absolute Gasteiger partial charge is 0.313 e. The number of aromatic nitrogens is 1. The Morgan fingerprint density at radius 1 is 1.00 bits per heavy atom. The molecule has 21 heavy (non-hydrogen) atoms. The fourth-order valence-electron chi connectivity index (χ4n) is 3.43. The molecule has 1 aromatic heterocycles. The predicted octanol–water partition coefficient (Wildman–Crippen LogP) is 5.60. The highest BCUT2D eigenvalue weighted by Crippen LogP contribution is 2.35. The lowest BCUT2D eigenvalue weighted by atomic mass is 10.1. The first-order valence-electron chi connectivity index (χ1n) is 7.62. The van der Waals surface area contributed by atoms with E-state index in [0.29, 0.717) is 0 Å². The molecular formula is C20H19N. The summed E-state index contributed by atoms with van der Waals surface area (Å²) in [5.74, 6) is 0. The van der Waals surface area contributed by atoms with E-state index in [2.05, 4.69) is 73.0 Å². The molecule has 0 amide bonds. The Kier molecular flexibility index (Phi) is 2.75. The topological polar surface area (TPSA) is 4.93 Å². The number of allylic oxidation sites excluding steroid dienone is 4. The van der Waals surface area contributed by atoms with E-state index in [4.69, 9.17) is 0 Å². The lowest BCUT2D eigenvalue weighted by molar-refractivity contribution is 0.977. The van der Waals surface area contributed by atoms with Gasteiger partial charge in [-0.2, -0.15) is 0 Å². The molecule has 0 saturated heterocycles. The fourth-order valence-corrected chi connectivity index (χ4v) is 3.43. The summed E-state index contributed by atoms with van der Waals surface area (Å²) in [5, 5.41) is 2.73. The Bertz CT molecular complexity index is 906. The molecular weight excluding hydrogens is 254 g/mol. The maximum absolute atomic E-state index is 2.46. The van der Waals surface area contributed by atoms with Crippen LogP contribution in [0.1, 0.15) is 24.0 Å². The molecule has 0 spiro atoms. The first kappa shape index (κ1) is 12.5. The number of benzene rings is 2. The minimum absolute atomic E-state index is 1.11. The maximum Gasteiger partial charge on any atom is 0.0567 e. The van der Waals surface area contributed by atoms with Crippen molar-refractivity contribution in [3.05, 3.63) is 65.8 Å². The third-order valence-electron chi connectivity index (χ3n) is 4.42. The second-order valence-corrected chi connectivity index (χ2v) is 5.95. The van der Waals surface area contributed by atoms with Crippen molar-refractivity contribution in [2.75, 3.05) is 0 Å². The van der Waals surface area contributed by atoms with Crippen LogP contribution in [-0.4, -0.2) is 4.57 Å². The minimum atomic E-state index is 1.11. The standard InChI is InChI=1S/C20H19N/c1-14-11-12-19-18(13-14)17-10-6-7-15(2)20(17)21(19)16-8-4-3-5-9-16/h3-4,6-8,10-13H,5,9H2,1-2H3. The number of rotatable bonds is 1. The van der Waals surface area contributed by atoms with Crippen LogP contribution in [0, 0.1) is 13.8 Å². The molecule has 1 aliphatic rings. The number of fused-ring (bicyclic) bond motifs is 3. The smallest absolute Gasteiger partial charge is 0.0567 e. The fraction of sp³-hybridized carbons (Fsp3) is 0.200. The van der Waals surface area contributed by atoms with Gasteiger partial charge in [0.15, 0.2) is 0 Å². The molecule has 1 aliphatic carbocycles. The van der Waals surface area contributed by atoms with Crippen molar-refractivity contribution in [1.82, 2.24) is 4.57 Å². The van der Waals surface area contributed by atoms with Gasteiger partial charge in [0.1, 0.15) is 0 Å². The van der Waals surface area contributed by atoms with Gasteiger partial charge in [0.2, 0.25) is 0 Å². The molecule has 0 saturated carbocycles. The average Bonchev–Trinajstić information content (AvgIpc) is 2.83. The molecule has 1 nitrogen and oxygen atoms in total. The van der Waals surface area contributed by atoms with Gasteiger partial charge in [0.25, 0.3) is 0 Å². The van der Waals surface area contributed by atoms with Gasteiger partial charge in [-0.3, -0.25) is 0 Å². The van der Waals surface area contributed by atoms with Gasteiger partial charge in [-0.15, -0.1) is 0 Å². The zero-order valence-electron chi connectivity index (χ0n) is 12.6. The Morgan fingerprint density at radius 2 is 1.90 bits per heavy atom. The summed E-state index contributed by atoms with van der Waals surface area (Å²) in [6, 6.07) is 13.4. The molecule has 3 aromatic rings. The highest BCUT2D eigenvalue weighted by Gasteiger charge is 2.15. The lowest BCUT2D eigenvalue weighted by Crippen LogP contribution is -1.99. The van der Waals surface area contributed by atoms with E-state index < -0.39 is 0 Å². The van der Waals surface area contributed by atoms with Crippen LogP contribution in [0.15, 0.2) is 54.6 Å². The Balaban J connectivity index is 2.20. The van der Waals surface area contributed by atoms with Gasteiger partial charge in [0, 0.05) is 16.5 Å². The van der Waals surface area contributed by atoms with Crippen LogP contribution in [0.5, 0.6) is 0 Å². The van der Waals surface area contributed by atoms with Crippen molar-refractivity contribution in [2.45, 2.75) is 26.7 Å². The molecule has 0 unspecified atom stereocenters. The van der Waals surface area contributed by atoms with Crippen molar-refractivity contribution in [3.63, 3.8) is 0 Å². The van der Waals surface area contributed by atoms with Crippen LogP contribution < -0.4 is 0 Å². The van der Waals surface area contributed by atoms with Gasteiger partial charge in [-0.1, -0.05) is 42.0 Å². The van der Waals surface area contributed by atoms with Crippen molar-refractivity contribution in [3.8, 4) is 0 Å². The highest BCUT2D eigenvalue weighted by molar-refractivity contribution is 6.11. The highest BCUT2D eigenvalue weighted by atomic mass is 15.0. The molecule has 0 aliphatic heterocycles. The van der Waals surface area contributed by atoms with E-state index in [1.54, 1.807) is 0 Å². The number of hydrogen-bond acceptors (Lipinski definition) is 0. The van der Waals surface area contributed by atoms with Gasteiger partial charge in [0.05, 0.1) is 11.0 Å². The lowest BCUT2D eigenvalue weighted by Gasteiger charge is -2.15. The van der Waals surface area contributed by atoms with Crippen LogP contribution in [0.4, 0.5) is 0 Å². The summed E-state index contributed by atoms with van der Waals surface area (Å²) < 4.78 is 2.46. The molecule has 1 heterocycles. The van der Waals surface area contributed by atoms with E-state index in [-0.39, 0.29) is 0 Å². The van der Waals surface area contributed by atoms with Crippen LogP contribution in [0.3, 0.4) is 0 Å². The molecule has 1 heteroatoms. The van der Waals surface area contributed by atoms with Crippen molar-refractivity contribution < 1.29 is 0 Å². The van der Waals surface area contributed by atoms with Crippen LogP contribution in [0.2, 0.25) is 0 Å². The van der Waals surface area contributed by atoms with Crippen molar-refractivity contribution in [1.29, 1.82) is 0 Å². The SMILES string of the molecule is Cc1ccc2c(c1)c1cccc(C)c1n2C1=CC=CCC1. The van der Waals surface area contributed by atoms with E-state index in [1.165, 1.54) is 38.6 Å². The Labute approximate surface area is 125 Å². The molecule has 0 radical (unpaired) electrons. The zero-order valence-corrected chi connectivity index (χ0v) is 12.6. The quantitative estimate of drug-likeness (QED) is 0.543. The molecule has 104 valence electrons. The summed E-state index contributed by atoms with van der Waals surface area (Å²) in [6.07, 6.45) is 8.92. The van der Waals surface area contributed by atoms with Gasteiger partial charge in [-0.25, -0.2) is 0 Å². The average molecular weight is 273 g/mol. The zero-order chi connectivity index (χ0) is 14.4. The number of hydrogen-bond donors (Lipinski definition) is 0. The molecule has 0 N–H and O–H groups in total. The van der Waals surface area contributed by atoms with E-state index in [0.717, 1.165) is 12.8 Å². The Hall–Kier alpha value is -2.28. The van der Waals surface area contributed by atoms with Crippen LogP contribution in [-0.2, 0) is 0 Å². The monoisotopic (exact) mass is 273 g/mol. The predicted molar refractivity (Wildman–Crippen MR) is 91.6 cm³/mol. The third-order valence-corrected chi connectivity index (χ3v) is 4.42. The summed E-state index contributed by atoms with van der Waals surface area (Å²) in [7, 11) is 0. The summed E-state index contributed by atoms with van der Waals surface area (Å²) in [4.78, 5) is 0. The van der Waals surface area contributed by atoms with Crippen LogP contribution in [0.25, 0.3) is 27.5 Å². The van der Waals surface area contributed by atoms with Gasteiger partial charge in [-0.05, 0) is 50.5 Å². The van der Waals surface area contributed by atoms with Crippen molar-refractivity contribution >= 4 is 27.5 Å². The number of nitrogens with zero attached hydrogens (tertiary/aromatic N) is 1. The maximum atomic E-state index is 2.46. The van der Waals surface area contributed by atoms with Gasteiger partial charge >= 0.3 is 0 Å². The molecule has 0 bridgehead atoms. The summed E-state index contributed by atoms with van der Waals surface area (Å²) in [6.45, 7) is 4.38.